The minimum Gasteiger partial charge on any atom is -0.385 e. The van der Waals surface area contributed by atoms with Crippen LogP contribution in [0.2, 0.25) is 0 Å². The molecule has 2 aliphatic rings. The SMILES string of the molecule is CCS(=O)(=O)/N=C(\N)C1CCC2CN1C(=O)N2O. The smallest absolute Gasteiger partial charge is 0.344 e. The van der Waals surface area contributed by atoms with Gasteiger partial charge in [0.05, 0.1) is 17.8 Å². The Morgan fingerprint density at radius 3 is 2.83 bits per heavy atom. The maximum atomic E-state index is 11.7. The van der Waals surface area contributed by atoms with Crippen molar-refractivity contribution in [3.63, 3.8) is 0 Å². The van der Waals surface area contributed by atoms with Crippen molar-refractivity contribution in [2.24, 2.45) is 10.1 Å². The quantitative estimate of drug-likeness (QED) is 0.403. The number of hydroxylamine groups is 2. The molecule has 2 aliphatic heterocycles. The normalized spacial score (nSPS) is 29.0. The van der Waals surface area contributed by atoms with Crippen LogP contribution in [0.3, 0.4) is 0 Å². The van der Waals surface area contributed by atoms with Crippen LogP contribution in [0.1, 0.15) is 19.8 Å². The molecule has 2 amide bonds. The standard InChI is InChI=1S/C9H16N4O4S/c1-2-18(16,17)11-8(10)7-4-3-6-5-12(7)9(14)13(6)15/h6-7,15H,2-5H2,1H3,(H2,10,11). The van der Waals surface area contributed by atoms with E-state index in [1.54, 1.807) is 0 Å². The molecule has 0 radical (unpaired) electrons. The molecule has 0 spiro atoms. The number of fused-ring (bicyclic) bond motifs is 2. The summed E-state index contributed by atoms with van der Waals surface area (Å²) >= 11 is 0. The highest BCUT2D eigenvalue weighted by Gasteiger charge is 2.45. The summed E-state index contributed by atoms with van der Waals surface area (Å²) in [7, 11) is -3.57. The van der Waals surface area contributed by atoms with Crippen molar-refractivity contribution in [2.45, 2.75) is 31.8 Å². The van der Waals surface area contributed by atoms with Crippen molar-refractivity contribution in [2.75, 3.05) is 12.3 Å². The van der Waals surface area contributed by atoms with Gasteiger partial charge in [0.25, 0.3) is 10.0 Å². The highest BCUT2D eigenvalue weighted by Crippen LogP contribution is 2.28. The molecule has 2 saturated heterocycles. The van der Waals surface area contributed by atoms with E-state index in [0.29, 0.717) is 24.4 Å². The van der Waals surface area contributed by atoms with Gasteiger partial charge in [0.1, 0.15) is 5.84 Å². The van der Waals surface area contributed by atoms with E-state index in [1.165, 1.54) is 11.8 Å². The fourth-order valence-electron chi connectivity index (χ4n) is 2.24. The van der Waals surface area contributed by atoms with Crippen molar-refractivity contribution in [3.8, 4) is 0 Å². The van der Waals surface area contributed by atoms with Gasteiger partial charge in [-0.15, -0.1) is 4.40 Å². The summed E-state index contributed by atoms with van der Waals surface area (Å²) in [5.74, 6) is -0.220. The number of hydrogen-bond donors (Lipinski definition) is 2. The molecular formula is C9H16N4O4S. The zero-order valence-electron chi connectivity index (χ0n) is 9.98. The van der Waals surface area contributed by atoms with Crippen LogP contribution in [0, 0.1) is 0 Å². The Bertz CT molecular complexity index is 489. The minimum atomic E-state index is -3.57. The monoisotopic (exact) mass is 276 g/mol. The van der Waals surface area contributed by atoms with Gasteiger partial charge in [-0.2, -0.15) is 0 Å². The summed E-state index contributed by atoms with van der Waals surface area (Å²) < 4.78 is 26.2. The van der Waals surface area contributed by atoms with Gasteiger partial charge in [-0.1, -0.05) is 0 Å². The van der Waals surface area contributed by atoms with Crippen molar-refractivity contribution in [1.29, 1.82) is 0 Å². The van der Waals surface area contributed by atoms with Crippen LogP contribution >= 0.6 is 0 Å². The molecule has 0 aromatic carbocycles. The number of sulfonamides is 1. The first-order valence-corrected chi connectivity index (χ1v) is 7.33. The van der Waals surface area contributed by atoms with Crippen molar-refractivity contribution >= 4 is 21.9 Å². The maximum Gasteiger partial charge on any atom is 0.344 e. The molecule has 3 N–H and O–H groups in total. The topological polar surface area (TPSA) is 116 Å². The van der Waals surface area contributed by atoms with E-state index < -0.39 is 22.1 Å². The van der Waals surface area contributed by atoms with Crippen molar-refractivity contribution in [1.82, 2.24) is 9.96 Å². The van der Waals surface area contributed by atoms with Crippen LogP contribution in [-0.2, 0) is 10.0 Å². The number of hydrogen-bond acceptors (Lipinski definition) is 4. The lowest BCUT2D eigenvalue weighted by Gasteiger charge is -2.29. The zero-order chi connectivity index (χ0) is 13.5. The Kier molecular flexibility index (Phi) is 3.20. The largest absolute Gasteiger partial charge is 0.385 e. The van der Waals surface area contributed by atoms with Crippen molar-refractivity contribution in [3.05, 3.63) is 0 Å². The number of amidine groups is 1. The van der Waals surface area contributed by atoms with E-state index in [9.17, 15) is 18.4 Å². The fraction of sp³-hybridized carbons (Fsp3) is 0.778. The van der Waals surface area contributed by atoms with Gasteiger partial charge >= 0.3 is 6.03 Å². The molecule has 2 heterocycles. The Hall–Kier alpha value is -1.35. The summed E-state index contributed by atoms with van der Waals surface area (Å²) in [6.45, 7) is 1.82. The van der Waals surface area contributed by atoms with Crippen LogP contribution in [0.15, 0.2) is 4.40 Å². The van der Waals surface area contributed by atoms with E-state index in [-0.39, 0.29) is 17.6 Å². The van der Waals surface area contributed by atoms with Crippen LogP contribution in [0.5, 0.6) is 0 Å². The predicted octanol–water partition coefficient (Wildman–Crippen LogP) is -0.649. The van der Waals surface area contributed by atoms with Gasteiger partial charge in [0.2, 0.25) is 0 Å². The molecule has 9 heteroatoms. The zero-order valence-corrected chi connectivity index (χ0v) is 10.8. The molecule has 18 heavy (non-hydrogen) atoms. The number of carbonyl (C=O) groups excluding carboxylic acids is 1. The summed E-state index contributed by atoms with van der Waals surface area (Å²) in [6, 6.07) is -1.33. The van der Waals surface area contributed by atoms with Crippen LogP contribution in [0.4, 0.5) is 4.79 Å². The second kappa shape index (κ2) is 4.39. The molecule has 2 atom stereocenters. The van der Waals surface area contributed by atoms with Gasteiger partial charge in [0, 0.05) is 6.54 Å². The Balaban J connectivity index is 2.23. The molecule has 2 unspecified atom stereocenters. The number of nitrogens with two attached hydrogens (primary N) is 1. The lowest BCUT2D eigenvalue weighted by molar-refractivity contribution is -0.0583. The number of urea groups is 1. The number of rotatable bonds is 3. The number of nitrogens with zero attached hydrogens (tertiary/aromatic N) is 3. The Morgan fingerprint density at radius 2 is 2.22 bits per heavy atom. The summed E-state index contributed by atoms with van der Waals surface area (Å²) in [5.41, 5.74) is 5.68. The summed E-state index contributed by atoms with van der Waals surface area (Å²) in [6.07, 6.45) is 1.08. The molecule has 102 valence electrons. The average molecular weight is 276 g/mol. The van der Waals surface area contributed by atoms with Gasteiger partial charge in [-0.3, -0.25) is 5.21 Å². The highest BCUT2D eigenvalue weighted by atomic mass is 32.2. The van der Waals surface area contributed by atoms with Crippen LogP contribution in [-0.4, -0.2) is 59.8 Å². The predicted molar refractivity (Wildman–Crippen MR) is 63.6 cm³/mol. The molecular weight excluding hydrogens is 260 g/mol. The Labute approximate surface area is 105 Å². The number of carbonyl (C=O) groups is 1. The molecule has 0 aromatic rings. The molecule has 2 bridgehead atoms. The van der Waals surface area contributed by atoms with Gasteiger partial charge < -0.3 is 10.6 Å². The lowest BCUT2D eigenvalue weighted by Crippen LogP contribution is -2.48. The number of amides is 2. The summed E-state index contributed by atoms with van der Waals surface area (Å²) in [5, 5.41) is 10.2. The van der Waals surface area contributed by atoms with E-state index in [2.05, 4.69) is 4.40 Å². The average Bonchev–Trinajstić information content (AvgIpc) is 2.54. The van der Waals surface area contributed by atoms with E-state index in [0.717, 1.165) is 0 Å². The maximum absolute atomic E-state index is 11.7. The molecule has 2 fully saturated rings. The van der Waals surface area contributed by atoms with E-state index in [1.807, 2.05) is 0 Å². The third-order valence-corrected chi connectivity index (χ3v) is 4.51. The van der Waals surface area contributed by atoms with E-state index >= 15 is 0 Å². The fourth-order valence-corrected chi connectivity index (χ4v) is 2.82. The van der Waals surface area contributed by atoms with Gasteiger partial charge in [-0.05, 0) is 19.8 Å². The molecule has 0 aromatic heterocycles. The summed E-state index contributed by atoms with van der Waals surface area (Å²) in [4.78, 5) is 13.0. The molecule has 8 nitrogen and oxygen atoms in total. The van der Waals surface area contributed by atoms with Gasteiger partial charge in [-0.25, -0.2) is 18.3 Å². The molecule has 0 aliphatic carbocycles. The lowest BCUT2D eigenvalue weighted by atomic mass is 10.0. The Morgan fingerprint density at radius 1 is 1.56 bits per heavy atom. The first-order chi connectivity index (χ1) is 8.35. The van der Waals surface area contributed by atoms with Crippen LogP contribution < -0.4 is 5.73 Å². The first-order valence-electron chi connectivity index (χ1n) is 5.72. The molecule has 2 rings (SSSR count). The third kappa shape index (κ3) is 2.15. The third-order valence-electron chi connectivity index (χ3n) is 3.30. The highest BCUT2D eigenvalue weighted by molar-refractivity contribution is 7.90. The number of piperidine rings is 1. The second-order valence-electron chi connectivity index (χ2n) is 4.41. The second-order valence-corrected chi connectivity index (χ2v) is 6.34. The van der Waals surface area contributed by atoms with Crippen LogP contribution in [0.25, 0.3) is 0 Å². The molecule has 0 saturated carbocycles. The first kappa shape index (κ1) is 13.1. The van der Waals surface area contributed by atoms with Gasteiger partial charge in [0.15, 0.2) is 0 Å². The van der Waals surface area contributed by atoms with E-state index in [4.69, 9.17) is 5.73 Å². The van der Waals surface area contributed by atoms with Crippen molar-refractivity contribution < 1.29 is 18.4 Å². The minimum absolute atomic E-state index is 0.0843.